The van der Waals surface area contributed by atoms with Crippen LogP contribution in [-0.4, -0.2) is 6.04 Å². The predicted octanol–water partition coefficient (Wildman–Crippen LogP) is 4.24. The molecule has 0 amide bonds. The van der Waals surface area contributed by atoms with E-state index in [9.17, 15) is 0 Å². The number of halogens is 1. The van der Waals surface area contributed by atoms with E-state index in [0.717, 1.165) is 4.34 Å². The summed E-state index contributed by atoms with van der Waals surface area (Å²) in [6, 6.07) is 5.05. The van der Waals surface area contributed by atoms with E-state index in [1.807, 2.05) is 6.07 Å². The molecule has 2 atom stereocenters. The second-order valence-electron chi connectivity index (χ2n) is 3.72. The Morgan fingerprint density at radius 3 is 2.64 bits per heavy atom. The standard InChI is InChI=1S/C11H18ClNS/c1-4-5-8(2)13-9(3)10-6-7-11(12)14-10/h6-9,13H,4-5H2,1-3H3. The van der Waals surface area contributed by atoms with Crippen LogP contribution >= 0.6 is 22.9 Å². The van der Waals surface area contributed by atoms with Crippen molar-refractivity contribution in [3.05, 3.63) is 21.3 Å². The molecule has 1 rings (SSSR count). The third-order valence-corrected chi connectivity index (χ3v) is 3.69. The molecular formula is C11H18ClNS. The van der Waals surface area contributed by atoms with Gasteiger partial charge in [-0.1, -0.05) is 24.9 Å². The van der Waals surface area contributed by atoms with Gasteiger partial charge in [0.25, 0.3) is 0 Å². The fourth-order valence-electron chi connectivity index (χ4n) is 1.59. The number of rotatable bonds is 5. The molecule has 0 fully saturated rings. The van der Waals surface area contributed by atoms with Crippen molar-refractivity contribution >= 4 is 22.9 Å². The van der Waals surface area contributed by atoms with Gasteiger partial charge in [-0.25, -0.2) is 0 Å². The molecule has 1 aromatic heterocycles. The molecule has 0 saturated carbocycles. The number of nitrogens with one attached hydrogen (secondary N) is 1. The molecular weight excluding hydrogens is 214 g/mol. The van der Waals surface area contributed by atoms with E-state index < -0.39 is 0 Å². The topological polar surface area (TPSA) is 12.0 Å². The first-order chi connectivity index (χ1) is 6.63. The quantitative estimate of drug-likeness (QED) is 0.799. The van der Waals surface area contributed by atoms with Crippen LogP contribution in [-0.2, 0) is 0 Å². The van der Waals surface area contributed by atoms with Crippen molar-refractivity contribution in [2.75, 3.05) is 0 Å². The van der Waals surface area contributed by atoms with Crippen LogP contribution in [0.4, 0.5) is 0 Å². The van der Waals surface area contributed by atoms with Crippen molar-refractivity contribution in [2.24, 2.45) is 0 Å². The Bertz CT molecular complexity index is 272. The van der Waals surface area contributed by atoms with Gasteiger partial charge in [-0.05, 0) is 32.4 Å². The molecule has 0 bridgehead atoms. The Hall–Kier alpha value is -0.0500. The van der Waals surface area contributed by atoms with Crippen LogP contribution in [0.3, 0.4) is 0 Å². The van der Waals surface area contributed by atoms with Crippen LogP contribution in [0, 0.1) is 0 Å². The summed E-state index contributed by atoms with van der Waals surface area (Å²) in [5.41, 5.74) is 0. The first kappa shape index (κ1) is 12.0. The number of hydrogen-bond acceptors (Lipinski definition) is 2. The van der Waals surface area contributed by atoms with Crippen molar-refractivity contribution in [1.29, 1.82) is 0 Å². The van der Waals surface area contributed by atoms with E-state index in [4.69, 9.17) is 11.6 Å². The lowest BCUT2D eigenvalue weighted by Gasteiger charge is -2.18. The predicted molar refractivity (Wildman–Crippen MR) is 65.2 cm³/mol. The molecule has 0 aliphatic rings. The largest absolute Gasteiger partial charge is 0.307 e. The van der Waals surface area contributed by atoms with E-state index >= 15 is 0 Å². The van der Waals surface area contributed by atoms with Crippen LogP contribution in [0.1, 0.15) is 44.5 Å². The van der Waals surface area contributed by atoms with E-state index in [0.29, 0.717) is 12.1 Å². The second-order valence-corrected chi connectivity index (χ2v) is 5.47. The van der Waals surface area contributed by atoms with Crippen molar-refractivity contribution in [2.45, 2.75) is 45.7 Å². The van der Waals surface area contributed by atoms with Gasteiger partial charge in [-0.2, -0.15) is 0 Å². The maximum Gasteiger partial charge on any atom is 0.0931 e. The second kappa shape index (κ2) is 5.74. The van der Waals surface area contributed by atoms with E-state index in [1.165, 1.54) is 17.7 Å². The molecule has 14 heavy (non-hydrogen) atoms. The molecule has 1 nitrogen and oxygen atoms in total. The maximum absolute atomic E-state index is 5.89. The molecule has 0 radical (unpaired) electrons. The molecule has 0 spiro atoms. The SMILES string of the molecule is CCCC(C)NC(C)c1ccc(Cl)s1. The molecule has 0 aliphatic carbocycles. The van der Waals surface area contributed by atoms with Gasteiger partial charge in [-0.3, -0.25) is 0 Å². The van der Waals surface area contributed by atoms with Crippen molar-refractivity contribution < 1.29 is 0 Å². The molecule has 1 heterocycles. The molecule has 1 aromatic rings. The van der Waals surface area contributed by atoms with Crippen LogP contribution in [0.5, 0.6) is 0 Å². The lowest BCUT2D eigenvalue weighted by Crippen LogP contribution is -2.28. The van der Waals surface area contributed by atoms with Gasteiger partial charge in [0, 0.05) is 17.0 Å². The Morgan fingerprint density at radius 2 is 2.14 bits per heavy atom. The molecule has 0 saturated heterocycles. The highest BCUT2D eigenvalue weighted by molar-refractivity contribution is 7.16. The Labute approximate surface area is 95.5 Å². The summed E-state index contributed by atoms with van der Waals surface area (Å²) < 4.78 is 0.872. The van der Waals surface area contributed by atoms with Gasteiger partial charge in [0.05, 0.1) is 4.34 Å². The Morgan fingerprint density at radius 1 is 1.43 bits per heavy atom. The van der Waals surface area contributed by atoms with Crippen LogP contribution < -0.4 is 5.32 Å². The molecule has 3 heteroatoms. The van der Waals surface area contributed by atoms with Gasteiger partial charge >= 0.3 is 0 Å². The highest BCUT2D eigenvalue weighted by Gasteiger charge is 2.10. The third kappa shape index (κ3) is 3.60. The molecule has 0 aliphatic heterocycles. The summed E-state index contributed by atoms with van der Waals surface area (Å²) >= 11 is 7.55. The fourth-order valence-corrected chi connectivity index (χ4v) is 2.66. The number of hydrogen-bond donors (Lipinski definition) is 1. The van der Waals surface area contributed by atoms with Gasteiger partial charge in [0.15, 0.2) is 0 Å². The lowest BCUT2D eigenvalue weighted by molar-refractivity contribution is 0.456. The summed E-state index contributed by atoms with van der Waals surface area (Å²) in [5.74, 6) is 0. The lowest BCUT2D eigenvalue weighted by atomic mass is 10.1. The van der Waals surface area contributed by atoms with Gasteiger partial charge in [-0.15, -0.1) is 11.3 Å². The van der Waals surface area contributed by atoms with Crippen LogP contribution in [0.15, 0.2) is 12.1 Å². The van der Waals surface area contributed by atoms with Crippen molar-refractivity contribution in [1.82, 2.24) is 5.32 Å². The zero-order chi connectivity index (χ0) is 10.6. The van der Waals surface area contributed by atoms with E-state index in [2.05, 4.69) is 32.2 Å². The Kier molecular flexibility index (Phi) is 4.93. The highest BCUT2D eigenvalue weighted by Crippen LogP contribution is 2.26. The Balaban J connectivity index is 2.45. The van der Waals surface area contributed by atoms with Gasteiger partial charge in [0.1, 0.15) is 0 Å². The zero-order valence-corrected chi connectivity index (χ0v) is 10.6. The van der Waals surface area contributed by atoms with Crippen molar-refractivity contribution in [3.8, 4) is 0 Å². The monoisotopic (exact) mass is 231 g/mol. The van der Waals surface area contributed by atoms with Gasteiger partial charge < -0.3 is 5.32 Å². The summed E-state index contributed by atoms with van der Waals surface area (Å²) in [4.78, 5) is 1.32. The summed E-state index contributed by atoms with van der Waals surface area (Å²) in [6.07, 6.45) is 2.45. The van der Waals surface area contributed by atoms with Gasteiger partial charge in [0.2, 0.25) is 0 Å². The highest BCUT2D eigenvalue weighted by atomic mass is 35.5. The average Bonchev–Trinajstić information content (AvgIpc) is 2.52. The first-order valence-electron chi connectivity index (χ1n) is 5.14. The summed E-state index contributed by atoms with van der Waals surface area (Å²) in [5, 5.41) is 3.56. The summed E-state index contributed by atoms with van der Waals surface area (Å²) in [6.45, 7) is 6.63. The fraction of sp³-hybridized carbons (Fsp3) is 0.636. The molecule has 80 valence electrons. The normalized spacial score (nSPS) is 15.4. The van der Waals surface area contributed by atoms with E-state index in [-0.39, 0.29) is 0 Å². The summed E-state index contributed by atoms with van der Waals surface area (Å²) in [7, 11) is 0. The third-order valence-electron chi connectivity index (χ3n) is 2.28. The average molecular weight is 232 g/mol. The molecule has 1 N–H and O–H groups in total. The minimum atomic E-state index is 0.411. The van der Waals surface area contributed by atoms with Crippen molar-refractivity contribution in [3.63, 3.8) is 0 Å². The molecule has 0 aromatic carbocycles. The zero-order valence-electron chi connectivity index (χ0n) is 9.01. The van der Waals surface area contributed by atoms with E-state index in [1.54, 1.807) is 11.3 Å². The first-order valence-corrected chi connectivity index (χ1v) is 6.34. The smallest absolute Gasteiger partial charge is 0.0931 e. The maximum atomic E-state index is 5.89. The molecule has 2 unspecified atom stereocenters. The minimum absolute atomic E-state index is 0.411. The van der Waals surface area contributed by atoms with Crippen LogP contribution in [0.25, 0.3) is 0 Å². The van der Waals surface area contributed by atoms with Crippen LogP contribution in [0.2, 0.25) is 4.34 Å². The number of thiophene rings is 1. The minimum Gasteiger partial charge on any atom is -0.307 e.